The highest BCUT2D eigenvalue weighted by Gasteiger charge is 2.19. The average Bonchev–Trinajstić information content (AvgIpc) is 3.22. The predicted octanol–water partition coefficient (Wildman–Crippen LogP) is 3.60. The van der Waals surface area contributed by atoms with Gasteiger partial charge in [0.2, 0.25) is 10.0 Å². The largest absolute Gasteiger partial charge is 0.355 e. The standard InChI is InChI=1S/C15H16N2O3S3/c1-10-11(2)17-20-15(10)13-5-6-14(22-13)23(18,19)16-8-7-12-4-3-9-21-12/h3-6,9,16H,7-8H2,1-2H3. The van der Waals surface area contributed by atoms with Gasteiger partial charge in [0.25, 0.3) is 0 Å². The fraction of sp³-hybridized carbons (Fsp3) is 0.267. The average molecular weight is 369 g/mol. The summed E-state index contributed by atoms with van der Waals surface area (Å²) in [5, 5.41) is 5.89. The second-order valence-electron chi connectivity index (χ2n) is 5.07. The minimum Gasteiger partial charge on any atom is -0.355 e. The molecule has 1 N–H and O–H groups in total. The molecule has 0 aromatic carbocycles. The molecule has 0 amide bonds. The van der Waals surface area contributed by atoms with Gasteiger partial charge in [-0.1, -0.05) is 11.2 Å². The Morgan fingerprint density at radius 3 is 2.74 bits per heavy atom. The molecule has 0 saturated carbocycles. The van der Waals surface area contributed by atoms with Gasteiger partial charge in [-0.05, 0) is 43.8 Å². The Kier molecular flexibility index (Phi) is 4.67. The van der Waals surface area contributed by atoms with E-state index in [0.717, 1.165) is 21.0 Å². The second kappa shape index (κ2) is 6.56. The number of aryl methyl sites for hydroxylation is 1. The summed E-state index contributed by atoms with van der Waals surface area (Å²) in [4.78, 5) is 1.93. The van der Waals surface area contributed by atoms with Crippen molar-refractivity contribution in [2.75, 3.05) is 6.54 Å². The highest BCUT2D eigenvalue weighted by molar-refractivity contribution is 7.91. The fourth-order valence-electron chi connectivity index (χ4n) is 2.07. The van der Waals surface area contributed by atoms with E-state index < -0.39 is 10.0 Å². The molecule has 8 heteroatoms. The van der Waals surface area contributed by atoms with Crippen LogP contribution in [0.15, 0.2) is 38.4 Å². The van der Waals surface area contributed by atoms with E-state index in [1.54, 1.807) is 23.5 Å². The third-order valence-corrected chi connectivity index (χ3v) is 7.44. The Bertz CT molecular complexity index is 892. The summed E-state index contributed by atoms with van der Waals surface area (Å²) in [6.07, 6.45) is 0.690. The van der Waals surface area contributed by atoms with E-state index in [4.69, 9.17) is 4.52 Å². The molecule has 3 rings (SSSR count). The van der Waals surface area contributed by atoms with Gasteiger partial charge in [0.05, 0.1) is 10.6 Å². The molecular weight excluding hydrogens is 352 g/mol. The smallest absolute Gasteiger partial charge is 0.250 e. The molecule has 3 aromatic rings. The lowest BCUT2D eigenvalue weighted by molar-refractivity contribution is 0.427. The van der Waals surface area contributed by atoms with Crippen LogP contribution in [0.4, 0.5) is 0 Å². The number of nitrogens with one attached hydrogen (secondary N) is 1. The third-order valence-electron chi connectivity index (χ3n) is 3.47. The zero-order valence-electron chi connectivity index (χ0n) is 12.7. The van der Waals surface area contributed by atoms with Gasteiger partial charge in [0.15, 0.2) is 5.76 Å². The van der Waals surface area contributed by atoms with E-state index in [-0.39, 0.29) is 4.21 Å². The molecule has 0 spiro atoms. The number of sulfonamides is 1. The van der Waals surface area contributed by atoms with Crippen LogP contribution in [-0.2, 0) is 16.4 Å². The van der Waals surface area contributed by atoms with E-state index >= 15 is 0 Å². The van der Waals surface area contributed by atoms with Crippen molar-refractivity contribution in [3.63, 3.8) is 0 Å². The van der Waals surface area contributed by atoms with Crippen LogP contribution < -0.4 is 4.72 Å². The van der Waals surface area contributed by atoms with Crippen molar-refractivity contribution >= 4 is 32.7 Å². The lowest BCUT2D eigenvalue weighted by atomic mass is 10.2. The molecule has 0 bridgehead atoms. The van der Waals surface area contributed by atoms with Crippen LogP contribution in [0, 0.1) is 13.8 Å². The summed E-state index contributed by atoms with van der Waals surface area (Å²) in [5.41, 5.74) is 1.74. The molecule has 122 valence electrons. The maximum atomic E-state index is 12.4. The molecule has 0 saturated heterocycles. The summed E-state index contributed by atoms with van der Waals surface area (Å²) in [6.45, 7) is 4.16. The molecule has 0 radical (unpaired) electrons. The SMILES string of the molecule is Cc1noc(-c2ccc(S(=O)(=O)NCCc3cccs3)s2)c1C. The minimum atomic E-state index is -3.50. The molecule has 0 aliphatic rings. The molecule has 3 heterocycles. The highest BCUT2D eigenvalue weighted by atomic mass is 32.2. The number of aromatic nitrogens is 1. The highest BCUT2D eigenvalue weighted by Crippen LogP contribution is 2.33. The van der Waals surface area contributed by atoms with Gasteiger partial charge in [-0.15, -0.1) is 22.7 Å². The topological polar surface area (TPSA) is 72.2 Å². The van der Waals surface area contributed by atoms with Crippen LogP contribution in [-0.4, -0.2) is 20.1 Å². The van der Waals surface area contributed by atoms with Gasteiger partial charge >= 0.3 is 0 Å². The summed E-state index contributed by atoms with van der Waals surface area (Å²) < 4.78 is 32.9. The van der Waals surface area contributed by atoms with Crippen molar-refractivity contribution in [3.8, 4) is 10.6 Å². The first-order chi connectivity index (χ1) is 11.0. The van der Waals surface area contributed by atoms with Crippen LogP contribution in [0.25, 0.3) is 10.6 Å². The normalized spacial score (nSPS) is 11.9. The van der Waals surface area contributed by atoms with Crippen molar-refractivity contribution < 1.29 is 12.9 Å². The van der Waals surface area contributed by atoms with Crippen molar-refractivity contribution in [1.82, 2.24) is 9.88 Å². The zero-order valence-corrected chi connectivity index (χ0v) is 15.1. The van der Waals surface area contributed by atoms with Crippen molar-refractivity contribution in [2.45, 2.75) is 24.5 Å². The van der Waals surface area contributed by atoms with Crippen molar-refractivity contribution in [1.29, 1.82) is 0 Å². The summed E-state index contributed by atoms with van der Waals surface area (Å²) in [5.74, 6) is 0.632. The maximum absolute atomic E-state index is 12.4. The number of nitrogens with zero attached hydrogens (tertiary/aromatic N) is 1. The number of rotatable bonds is 6. The van der Waals surface area contributed by atoms with Crippen molar-refractivity contribution in [2.24, 2.45) is 0 Å². The molecule has 0 unspecified atom stereocenters. The first-order valence-corrected chi connectivity index (χ1v) is 10.2. The lowest BCUT2D eigenvalue weighted by Gasteiger charge is -2.03. The van der Waals surface area contributed by atoms with Crippen LogP contribution in [0.1, 0.15) is 16.1 Å². The van der Waals surface area contributed by atoms with E-state index in [2.05, 4.69) is 9.88 Å². The molecule has 0 atom stereocenters. The summed E-state index contributed by atoms with van der Waals surface area (Å²) in [6, 6.07) is 7.31. The van der Waals surface area contributed by atoms with Crippen LogP contribution >= 0.6 is 22.7 Å². The molecule has 0 fully saturated rings. The number of hydrogen-bond donors (Lipinski definition) is 1. The molecular formula is C15H16N2O3S3. The predicted molar refractivity (Wildman–Crippen MR) is 92.5 cm³/mol. The quantitative estimate of drug-likeness (QED) is 0.721. The molecule has 0 aliphatic carbocycles. The Morgan fingerprint density at radius 2 is 2.09 bits per heavy atom. The van der Waals surface area contributed by atoms with E-state index in [1.165, 1.54) is 11.3 Å². The Labute approximate surface area is 143 Å². The van der Waals surface area contributed by atoms with Gasteiger partial charge in [0, 0.05) is 17.0 Å². The van der Waals surface area contributed by atoms with E-state index in [9.17, 15) is 8.42 Å². The van der Waals surface area contributed by atoms with Gasteiger partial charge < -0.3 is 4.52 Å². The maximum Gasteiger partial charge on any atom is 0.250 e. The third kappa shape index (κ3) is 3.55. The van der Waals surface area contributed by atoms with Gasteiger partial charge in [0.1, 0.15) is 4.21 Å². The van der Waals surface area contributed by atoms with Gasteiger partial charge in [-0.2, -0.15) is 0 Å². The first-order valence-electron chi connectivity index (χ1n) is 7.02. The van der Waals surface area contributed by atoms with Crippen LogP contribution in [0.2, 0.25) is 0 Å². The van der Waals surface area contributed by atoms with Crippen LogP contribution in [0.5, 0.6) is 0 Å². The molecule has 0 aliphatic heterocycles. The van der Waals surface area contributed by atoms with Gasteiger partial charge in [-0.3, -0.25) is 0 Å². The zero-order chi connectivity index (χ0) is 16.4. The fourth-order valence-corrected chi connectivity index (χ4v) is 5.19. The monoisotopic (exact) mass is 368 g/mol. The van der Waals surface area contributed by atoms with Gasteiger partial charge in [-0.25, -0.2) is 13.1 Å². The summed E-state index contributed by atoms with van der Waals surface area (Å²) >= 11 is 2.81. The number of hydrogen-bond acceptors (Lipinski definition) is 6. The van der Waals surface area contributed by atoms with E-state index in [0.29, 0.717) is 18.7 Å². The second-order valence-corrected chi connectivity index (χ2v) is 9.18. The lowest BCUT2D eigenvalue weighted by Crippen LogP contribution is -2.25. The Morgan fingerprint density at radius 1 is 1.26 bits per heavy atom. The molecule has 3 aromatic heterocycles. The minimum absolute atomic E-state index is 0.284. The number of thiophene rings is 2. The molecule has 23 heavy (non-hydrogen) atoms. The Hall–Kier alpha value is -1.48. The Balaban J connectivity index is 1.72. The molecule has 5 nitrogen and oxygen atoms in total. The summed E-state index contributed by atoms with van der Waals surface area (Å²) in [7, 11) is -3.50. The van der Waals surface area contributed by atoms with Crippen LogP contribution in [0.3, 0.4) is 0 Å². The van der Waals surface area contributed by atoms with Crippen molar-refractivity contribution in [3.05, 3.63) is 45.8 Å². The van der Waals surface area contributed by atoms with E-state index in [1.807, 2.05) is 31.4 Å². The first kappa shape index (κ1) is 16.4.